The molecule has 0 aliphatic heterocycles. The molecule has 0 heterocycles. The van der Waals surface area contributed by atoms with E-state index in [1.54, 1.807) is 0 Å². The van der Waals surface area contributed by atoms with Crippen molar-refractivity contribution in [1.82, 2.24) is 0 Å². The molecule has 1 rings (SSSR count). The number of carboxylic acid groups (broad SMARTS) is 1. The maximum absolute atomic E-state index is 10.6. The number of ether oxygens (including phenoxy) is 1. The van der Waals surface area contributed by atoms with Crippen LogP contribution in [-0.2, 0) is 11.2 Å². The Hall–Kier alpha value is -1.16. The zero-order valence-electron chi connectivity index (χ0n) is 17.3. The predicted octanol–water partition coefficient (Wildman–Crippen LogP) is 7.08. The molecule has 4 heteroatoms. The number of hydrogen-bond acceptors (Lipinski definition) is 3. The largest absolute Gasteiger partial charge is 0.481 e. The summed E-state index contributed by atoms with van der Waals surface area (Å²) in [5, 5.41) is 8.72. The van der Waals surface area contributed by atoms with Gasteiger partial charge in [-0.2, -0.15) is 0 Å². The number of benzene rings is 1. The predicted molar refractivity (Wildman–Crippen MR) is 117 cm³/mol. The Morgan fingerprint density at radius 2 is 1.52 bits per heavy atom. The van der Waals surface area contributed by atoms with E-state index in [4.69, 9.17) is 9.84 Å². The minimum absolute atomic E-state index is 0.147. The molecule has 0 saturated carbocycles. The van der Waals surface area contributed by atoms with Gasteiger partial charge < -0.3 is 9.84 Å². The summed E-state index contributed by atoms with van der Waals surface area (Å²) in [7, 11) is 0. The van der Waals surface area contributed by atoms with E-state index in [-0.39, 0.29) is 11.9 Å². The third-order valence-electron chi connectivity index (χ3n) is 4.70. The van der Waals surface area contributed by atoms with E-state index in [1.807, 2.05) is 36.0 Å². The number of carbonyl (C=O) groups is 1. The van der Waals surface area contributed by atoms with Gasteiger partial charge in [0, 0.05) is 6.42 Å². The lowest BCUT2D eigenvalue weighted by atomic mass is 10.1. The Balaban J connectivity index is 2.00. The van der Waals surface area contributed by atoms with Gasteiger partial charge in [-0.15, -0.1) is 11.8 Å². The Labute approximate surface area is 170 Å². The number of unbranched alkanes of at least 4 members (excludes halogenated alkanes) is 9. The normalized spacial score (nSPS) is 12.1. The standard InChI is InChI=1S/C23H38O3S/c1-3-4-5-6-7-8-9-10-11-12-19-27-20(2)26-22-16-13-21(14-17-22)15-18-23(24)25/h13-14,16-17,20H,3-12,15,18-19H2,1-2H3,(H,24,25). The molecule has 0 aliphatic rings. The zero-order chi connectivity index (χ0) is 19.7. The highest BCUT2D eigenvalue weighted by atomic mass is 32.2. The van der Waals surface area contributed by atoms with Crippen LogP contribution in [0.1, 0.15) is 90.0 Å². The first-order valence-electron chi connectivity index (χ1n) is 10.7. The fourth-order valence-electron chi connectivity index (χ4n) is 3.05. The monoisotopic (exact) mass is 394 g/mol. The summed E-state index contributed by atoms with van der Waals surface area (Å²) >= 11 is 1.87. The van der Waals surface area contributed by atoms with Crippen LogP contribution in [0.5, 0.6) is 5.75 Å². The van der Waals surface area contributed by atoms with Crippen LogP contribution in [0.4, 0.5) is 0 Å². The van der Waals surface area contributed by atoms with E-state index < -0.39 is 5.97 Å². The highest BCUT2D eigenvalue weighted by molar-refractivity contribution is 7.99. The third-order valence-corrected chi connectivity index (χ3v) is 5.79. The minimum atomic E-state index is -0.757. The number of thioether (sulfide) groups is 1. The molecule has 0 radical (unpaired) electrons. The summed E-state index contributed by atoms with van der Waals surface area (Å²) < 4.78 is 5.93. The molecule has 1 N–H and O–H groups in total. The van der Waals surface area contributed by atoms with Gasteiger partial charge in [-0.3, -0.25) is 4.79 Å². The van der Waals surface area contributed by atoms with Crippen molar-refractivity contribution in [3.63, 3.8) is 0 Å². The summed E-state index contributed by atoms with van der Waals surface area (Å²) in [6, 6.07) is 7.79. The second-order valence-electron chi connectivity index (χ2n) is 7.28. The average Bonchev–Trinajstić information content (AvgIpc) is 2.65. The Kier molecular flexibility index (Phi) is 14.0. The number of hydrogen-bond donors (Lipinski definition) is 1. The smallest absolute Gasteiger partial charge is 0.303 e. The van der Waals surface area contributed by atoms with Crippen molar-refractivity contribution in [1.29, 1.82) is 0 Å². The topological polar surface area (TPSA) is 46.5 Å². The first-order valence-corrected chi connectivity index (χ1v) is 11.8. The van der Waals surface area contributed by atoms with E-state index in [0.29, 0.717) is 6.42 Å². The van der Waals surface area contributed by atoms with Crippen LogP contribution in [0.3, 0.4) is 0 Å². The molecule has 1 atom stereocenters. The van der Waals surface area contributed by atoms with Crippen LogP contribution in [-0.4, -0.2) is 22.3 Å². The molecule has 0 saturated heterocycles. The zero-order valence-corrected chi connectivity index (χ0v) is 18.1. The maximum Gasteiger partial charge on any atom is 0.303 e. The van der Waals surface area contributed by atoms with Crippen LogP contribution < -0.4 is 4.74 Å². The third kappa shape index (κ3) is 13.6. The second-order valence-corrected chi connectivity index (χ2v) is 8.68. The van der Waals surface area contributed by atoms with Crippen molar-refractivity contribution in [2.24, 2.45) is 0 Å². The lowest BCUT2D eigenvalue weighted by Crippen LogP contribution is -2.07. The van der Waals surface area contributed by atoms with Crippen molar-refractivity contribution >= 4 is 17.7 Å². The molecule has 0 bridgehead atoms. The molecule has 0 amide bonds. The van der Waals surface area contributed by atoms with E-state index in [2.05, 4.69) is 13.8 Å². The molecule has 1 unspecified atom stereocenters. The molecule has 3 nitrogen and oxygen atoms in total. The molecule has 0 aromatic heterocycles. The summed E-state index contributed by atoms with van der Waals surface area (Å²) in [6.07, 6.45) is 14.4. The van der Waals surface area contributed by atoms with Crippen LogP contribution >= 0.6 is 11.8 Å². The van der Waals surface area contributed by atoms with E-state index >= 15 is 0 Å². The van der Waals surface area contributed by atoms with Gasteiger partial charge in [-0.25, -0.2) is 0 Å². The van der Waals surface area contributed by atoms with Crippen LogP contribution in [0.15, 0.2) is 24.3 Å². The van der Waals surface area contributed by atoms with Gasteiger partial charge in [0.15, 0.2) is 0 Å². The molecule has 0 fully saturated rings. The Bertz CT molecular complexity index is 487. The molecular weight excluding hydrogens is 356 g/mol. The highest BCUT2D eigenvalue weighted by Crippen LogP contribution is 2.21. The lowest BCUT2D eigenvalue weighted by molar-refractivity contribution is -0.136. The molecule has 0 aliphatic carbocycles. The fourth-order valence-corrected chi connectivity index (χ4v) is 3.93. The SMILES string of the molecule is CCCCCCCCCCCCSC(C)Oc1ccc(CCC(=O)O)cc1. The van der Waals surface area contributed by atoms with Gasteiger partial charge in [0.1, 0.15) is 11.2 Å². The van der Waals surface area contributed by atoms with Gasteiger partial charge >= 0.3 is 5.97 Å². The van der Waals surface area contributed by atoms with Crippen molar-refractivity contribution < 1.29 is 14.6 Å². The van der Waals surface area contributed by atoms with Crippen molar-refractivity contribution in [3.05, 3.63) is 29.8 Å². The maximum atomic E-state index is 10.6. The first kappa shape index (κ1) is 23.9. The molecular formula is C23H38O3S. The lowest BCUT2D eigenvalue weighted by Gasteiger charge is -2.14. The highest BCUT2D eigenvalue weighted by Gasteiger charge is 2.05. The summed E-state index contributed by atoms with van der Waals surface area (Å²) in [5.41, 5.74) is 1.18. The fraction of sp³-hybridized carbons (Fsp3) is 0.696. The van der Waals surface area contributed by atoms with E-state index in [9.17, 15) is 4.79 Å². The summed E-state index contributed by atoms with van der Waals surface area (Å²) in [4.78, 5) is 10.6. The van der Waals surface area contributed by atoms with E-state index in [1.165, 1.54) is 64.2 Å². The Morgan fingerprint density at radius 1 is 0.963 bits per heavy atom. The Morgan fingerprint density at radius 3 is 2.07 bits per heavy atom. The van der Waals surface area contributed by atoms with Gasteiger partial charge in [0.05, 0.1) is 0 Å². The molecule has 1 aromatic carbocycles. The quantitative estimate of drug-likeness (QED) is 0.226. The number of aryl methyl sites for hydroxylation is 1. The molecule has 154 valence electrons. The van der Waals surface area contributed by atoms with Gasteiger partial charge in [-0.05, 0) is 43.2 Å². The number of rotatable bonds is 17. The average molecular weight is 395 g/mol. The van der Waals surface area contributed by atoms with Crippen molar-refractivity contribution in [2.75, 3.05) is 5.75 Å². The number of aliphatic carboxylic acids is 1. The molecule has 27 heavy (non-hydrogen) atoms. The van der Waals surface area contributed by atoms with Crippen molar-refractivity contribution in [3.8, 4) is 5.75 Å². The van der Waals surface area contributed by atoms with Crippen LogP contribution in [0.2, 0.25) is 0 Å². The minimum Gasteiger partial charge on any atom is -0.481 e. The van der Waals surface area contributed by atoms with Crippen molar-refractivity contribution in [2.45, 2.75) is 96.3 Å². The first-order chi connectivity index (χ1) is 13.1. The van der Waals surface area contributed by atoms with Gasteiger partial charge in [0.25, 0.3) is 0 Å². The second kappa shape index (κ2) is 15.9. The van der Waals surface area contributed by atoms with Gasteiger partial charge in [-0.1, -0.05) is 76.8 Å². The molecule has 1 aromatic rings. The summed E-state index contributed by atoms with van der Waals surface area (Å²) in [5.74, 6) is 1.25. The van der Waals surface area contributed by atoms with E-state index in [0.717, 1.165) is 17.1 Å². The number of carboxylic acids is 1. The summed E-state index contributed by atoms with van der Waals surface area (Å²) in [6.45, 7) is 4.37. The van der Waals surface area contributed by atoms with Crippen LogP contribution in [0, 0.1) is 0 Å². The van der Waals surface area contributed by atoms with Crippen LogP contribution in [0.25, 0.3) is 0 Å². The van der Waals surface area contributed by atoms with Gasteiger partial charge in [0.2, 0.25) is 0 Å². The molecule has 0 spiro atoms.